The first kappa shape index (κ1) is 24.2. The third-order valence-corrected chi connectivity index (χ3v) is 7.51. The van der Waals surface area contributed by atoms with Crippen LogP contribution in [0.4, 0.5) is 5.69 Å². The Balaban J connectivity index is 1.29. The first-order valence-electron chi connectivity index (χ1n) is 13.1. The van der Waals surface area contributed by atoms with E-state index >= 15 is 0 Å². The van der Waals surface area contributed by atoms with E-state index in [2.05, 4.69) is 40.0 Å². The van der Waals surface area contributed by atoms with E-state index in [-0.39, 0.29) is 12.0 Å². The van der Waals surface area contributed by atoms with Gasteiger partial charge in [-0.3, -0.25) is 14.7 Å². The molecule has 3 aliphatic rings. The molecule has 4 heterocycles. The lowest BCUT2D eigenvalue weighted by atomic mass is 9.99. The van der Waals surface area contributed by atoms with Crippen molar-refractivity contribution in [1.82, 2.24) is 14.8 Å². The van der Waals surface area contributed by atoms with E-state index in [4.69, 9.17) is 9.47 Å². The number of nitrogens with zero attached hydrogens (tertiary/aromatic N) is 4. The molecule has 2 aromatic rings. The maximum Gasteiger partial charge on any atom is 0.236 e. The van der Waals surface area contributed by atoms with Crippen molar-refractivity contribution in [3.05, 3.63) is 59.4 Å². The second-order valence-corrected chi connectivity index (χ2v) is 10.3. The minimum absolute atomic E-state index is 0.0490. The van der Waals surface area contributed by atoms with Crippen LogP contribution in [0.1, 0.15) is 36.1 Å². The number of anilines is 1. The van der Waals surface area contributed by atoms with Crippen molar-refractivity contribution < 1.29 is 14.3 Å². The number of hydrogen-bond donors (Lipinski definition) is 0. The van der Waals surface area contributed by atoms with Crippen LogP contribution in [0, 0.1) is 5.92 Å². The monoisotopic (exact) mass is 478 g/mol. The fourth-order valence-electron chi connectivity index (χ4n) is 5.57. The van der Waals surface area contributed by atoms with E-state index in [0.29, 0.717) is 25.6 Å². The molecule has 7 nitrogen and oxygen atoms in total. The summed E-state index contributed by atoms with van der Waals surface area (Å²) in [7, 11) is 2.17. The molecule has 3 aliphatic heterocycles. The maximum absolute atomic E-state index is 13.4. The van der Waals surface area contributed by atoms with Crippen LogP contribution in [0.5, 0.6) is 0 Å². The van der Waals surface area contributed by atoms with Gasteiger partial charge in [-0.15, -0.1) is 0 Å². The van der Waals surface area contributed by atoms with Gasteiger partial charge in [-0.25, -0.2) is 0 Å². The highest BCUT2D eigenvalue weighted by molar-refractivity contribution is 5.78. The third kappa shape index (κ3) is 6.40. The third-order valence-electron chi connectivity index (χ3n) is 7.51. The summed E-state index contributed by atoms with van der Waals surface area (Å²) < 4.78 is 11.9. The molecule has 2 fully saturated rings. The van der Waals surface area contributed by atoms with E-state index < -0.39 is 0 Å². The summed E-state index contributed by atoms with van der Waals surface area (Å²) >= 11 is 0. The molecule has 0 aliphatic carbocycles. The maximum atomic E-state index is 13.4. The number of rotatable bonds is 7. The molecule has 0 radical (unpaired) electrons. The Hall–Kier alpha value is -2.48. The van der Waals surface area contributed by atoms with Crippen LogP contribution in [0.2, 0.25) is 0 Å². The van der Waals surface area contributed by atoms with E-state index in [1.54, 1.807) is 6.20 Å². The zero-order chi connectivity index (χ0) is 24.0. The largest absolute Gasteiger partial charge is 0.381 e. The molecule has 2 saturated heterocycles. The van der Waals surface area contributed by atoms with Crippen molar-refractivity contribution in [2.45, 2.75) is 44.9 Å². The van der Waals surface area contributed by atoms with E-state index in [9.17, 15) is 4.79 Å². The molecule has 0 saturated carbocycles. The van der Waals surface area contributed by atoms with Crippen molar-refractivity contribution in [1.29, 1.82) is 0 Å². The van der Waals surface area contributed by atoms with Crippen LogP contribution < -0.4 is 4.90 Å². The number of hydrogen-bond acceptors (Lipinski definition) is 6. The fourth-order valence-corrected chi connectivity index (χ4v) is 5.57. The van der Waals surface area contributed by atoms with Crippen molar-refractivity contribution in [2.24, 2.45) is 5.92 Å². The SMILES string of the molecule is CN1CCCc2cc(CN3CC(=O)N(CC4CCOCC4)CC(OCc4ccccn4)C3)ccc21. The summed E-state index contributed by atoms with van der Waals surface area (Å²) in [5.41, 5.74) is 4.95. The molecule has 1 aromatic heterocycles. The number of carbonyl (C=O) groups excluding carboxylic acids is 1. The van der Waals surface area contributed by atoms with Crippen LogP contribution in [0.15, 0.2) is 42.6 Å². The number of ether oxygens (including phenoxy) is 2. The molecule has 188 valence electrons. The van der Waals surface area contributed by atoms with Gasteiger partial charge >= 0.3 is 0 Å². The molecular formula is C28H38N4O3. The highest BCUT2D eigenvalue weighted by Gasteiger charge is 2.30. The minimum atomic E-state index is -0.0490. The number of aromatic nitrogens is 1. The number of carbonyl (C=O) groups is 1. The summed E-state index contributed by atoms with van der Waals surface area (Å²) in [4.78, 5) is 24.4. The van der Waals surface area contributed by atoms with Crippen LogP contribution in [0.25, 0.3) is 0 Å². The molecule has 7 heteroatoms. The molecule has 5 rings (SSSR count). The number of aryl methyl sites for hydroxylation is 1. The number of amides is 1. The summed E-state index contributed by atoms with van der Waals surface area (Å²) in [5.74, 6) is 0.714. The van der Waals surface area contributed by atoms with Crippen molar-refractivity contribution in [3.63, 3.8) is 0 Å². The van der Waals surface area contributed by atoms with Gasteiger partial charge in [-0.1, -0.05) is 18.2 Å². The Morgan fingerprint density at radius 3 is 2.86 bits per heavy atom. The highest BCUT2D eigenvalue weighted by Crippen LogP contribution is 2.27. The van der Waals surface area contributed by atoms with E-state index in [1.807, 2.05) is 23.1 Å². The lowest BCUT2D eigenvalue weighted by Crippen LogP contribution is -2.42. The zero-order valence-corrected chi connectivity index (χ0v) is 20.9. The lowest BCUT2D eigenvalue weighted by Gasteiger charge is -2.30. The first-order chi connectivity index (χ1) is 17.1. The van der Waals surface area contributed by atoms with Crippen LogP contribution >= 0.6 is 0 Å². The molecule has 0 bridgehead atoms. The molecule has 1 amide bonds. The molecule has 35 heavy (non-hydrogen) atoms. The van der Waals surface area contributed by atoms with Gasteiger partial charge in [0.05, 0.1) is 24.9 Å². The summed E-state index contributed by atoms with van der Waals surface area (Å²) in [6, 6.07) is 12.7. The Kier molecular flexibility index (Phi) is 7.96. The predicted octanol–water partition coefficient (Wildman–Crippen LogP) is 3.12. The summed E-state index contributed by atoms with van der Waals surface area (Å²) in [5, 5.41) is 0. The first-order valence-corrected chi connectivity index (χ1v) is 13.1. The average molecular weight is 479 g/mol. The Morgan fingerprint density at radius 2 is 2.03 bits per heavy atom. The lowest BCUT2D eigenvalue weighted by molar-refractivity contribution is -0.133. The number of benzene rings is 1. The van der Waals surface area contributed by atoms with Crippen LogP contribution in [-0.4, -0.2) is 79.8 Å². The van der Waals surface area contributed by atoms with Gasteiger partial charge in [0.25, 0.3) is 0 Å². The van der Waals surface area contributed by atoms with Crippen molar-refractivity contribution >= 4 is 11.6 Å². The highest BCUT2D eigenvalue weighted by atomic mass is 16.5. The van der Waals surface area contributed by atoms with Gasteiger partial charge in [-0.05, 0) is 60.9 Å². The standard InChI is InChI=1S/C28H38N4O3/c1-30-12-4-5-24-15-23(7-8-27(24)30)16-31-18-26(35-21-25-6-2-3-11-29-25)19-32(28(33)20-31)17-22-9-13-34-14-10-22/h2-3,6-8,11,15,22,26H,4-5,9-10,12-14,16-21H2,1H3. The molecule has 1 atom stereocenters. The van der Waals surface area contributed by atoms with Gasteiger partial charge in [0.2, 0.25) is 5.91 Å². The quantitative estimate of drug-likeness (QED) is 0.610. The molecule has 1 unspecified atom stereocenters. The zero-order valence-electron chi connectivity index (χ0n) is 20.9. The smallest absolute Gasteiger partial charge is 0.236 e. The summed E-state index contributed by atoms with van der Waals surface area (Å²) in [6.45, 7) is 6.53. The predicted molar refractivity (Wildman–Crippen MR) is 136 cm³/mol. The molecule has 0 N–H and O–H groups in total. The van der Waals surface area contributed by atoms with Crippen molar-refractivity contribution in [2.75, 3.05) is 57.9 Å². The number of fused-ring (bicyclic) bond motifs is 1. The van der Waals surface area contributed by atoms with Gasteiger partial charge < -0.3 is 19.3 Å². The topological polar surface area (TPSA) is 58.1 Å². The van der Waals surface area contributed by atoms with Crippen molar-refractivity contribution in [3.8, 4) is 0 Å². The second kappa shape index (κ2) is 11.5. The van der Waals surface area contributed by atoms with Gasteiger partial charge in [0.15, 0.2) is 0 Å². The minimum Gasteiger partial charge on any atom is -0.381 e. The molecule has 1 aromatic carbocycles. The number of pyridine rings is 1. The molecular weight excluding hydrogens is 440 g/mol. The molecule has 0 spiro atoms. The Bertz CT molecular complexity index is 979. The van der Waals surface area contributed by atoms with Crippen LogP contribution in [0.3, 0.4) is 0 Å². The average Bonchev–Trinajstić information content (AvgIpc) is 3.02. The summed E-state index contributed by atoms with van der Waals surface area (Å²) in [6.07, 6.45) is 6.12. The second-order valence-electron chi connectivity index (χ2n) is 10.3. The van der Waals surface area contributed by atoms with Gasteiger partial charge in [0, 0.05) is 64.9 Å². The van der Waals surface area contributed by atoms with E-state index in [1.165, 1.54) is 23.2 Å². The Labute approximate surface area is 209 Å². The normalized spacial score (nSPS) is 22.2. The fraction of sp³-hybridized carbons (Fsp3) is 0.571. The van der Waals surface area contributed by atoms with Gasteiger partial charge in [-0.2, -0.15) is 0 Å². The van der Waals surface area contributed by atoms with Crippen LogP contribution in [-0.2, 0) is 33.8 Å². The Morgan fingerprint density at radius 1 is 1.14 bits per heavy atom. The van der Waals surface area contributed by atoms with Gasteiger partial charge in [0.1, 0.15) is 0 Å². The van der Waals surface area contributed by atoms with E-state index in [0.717, 1.165) is 64.3 Å².